The number of halogens is 2. The highest BCUT2D eigenvalue weighted by atomic mass is 35.5. The number of thioether (sulfide) groups is 1. The lowest BCUT2D eigenvalue weighted by molar-refractivity contribution is -0.139. The smallest absolute Gasteiger partial charge is 0.328 e. The van der Waals surface area contributed by atoms with Crippen LogP contribution < -0.4 is 16.0 Å². The van der Waals surface area contributed by atoms with Crippen molar-refractivity contribution in [3.05, 3.63) is 63.5 Å². The summed E-state index contributed by atoms with van der Waals surface area (Å²) >= 11 is 18.9. The van der Waals surface area contributed by atoms with Crippen molar-refractivity contribution in [2.45, 2.75) is 18.6 Å². The van der Waals surface area contributed by atoms with Gasteiger partial charge in [-0.15, -0.1) is 0 Å². The zero-order valence-electron chi connectivity index (χ0n) is 19.3. The Hall–Kier alpha value is -3.06. The Morgan fingerprint density at radius 2 is 2.03 bits per heavy atom. The second-order valence-electron chi connectivity index (χ2n) is 7.88. The zero-order chi connectivity index (χ0) is 27.1. The molecular formula is C23H22Cl2N4O6S2. The molecule has 0 spiro atoms. The van der Waals surface area contributed by atoms with Gasteiger partial charge in [0.25, 0.3) is 5.91 Å². The van der Waals surface area contributed by atoms with Gasteiger partial charge >= 0.3 is 5.97 Å². The number of carbonyl (C=O) groups excluding carboxylic acids is 3. The number of benzene rings is 1. The van der Waals surface area contributed by atoms with Crippen LogP contribution in [0.3, 0.4) is 0 Å². The van der Waals surface area contributed by atoms with Crippen LogP contribution in [0.4, 0.5) is 0 Å². The lowest BCUT2D eigenvalue weighted by Gasteiger charge is -2.19. The van der Waals surface area contributed by atoms with E-state index in [0.29, 0.717) is 21.4 Å². The second kappa shape index (κ2) is 13.0. The molecule has 1 fully saturated rings. The molecule has 0 radical (unpaired) electrons. The van der Waals surface area contributed by atoms with Gasteiger partial charge in [0.15, 0.2) is 0 Å². The van der Waals surface area contributed by atoms with Gasteiger partial charge in [0.2, 0.25) is 11.8 Å². The first-order valence-corrected chi connectivity index (χ1v) is 12.9. The number of likely N-dealkylation sites (N-methyl/N-ethyl adjacent to an activating group) is 1. The van der Waals surface area contributed by atoms with Gasteiger partial charge in [-0.2, -0.15) is 0 Å². The molecule has 196 valence electrons. The third-order valence-corrected chi connectivity index (χ3v) is 7.08. The highest BCUT2D eigenvalue weighted by Crippen LogP contribution is 2.27. The zero-order valence-corrected chi connectivity index (χ0v) is 22.5. The van der Waals surface area contributed by atoms with E-state index in [9.17, 15) is 24.3 Å². The normalized spacial score (nSPS) is 15.8. The van der Waals surface area contributed by atoms with Gasteiger partial charge in [0, 0.05) is 32.0 Å². The van der Waals surface area contributed by atoms with Gasteiger partial charge in [0.05, 0.1) is 21.9 Å². The van der Waals surface area contributed by atoms with Crippen molar-refractivity contribution in [2.24, 2.45) is 0 Å². The minimum absolute atomic E-state index is 0.0270. The molecule has 2 atom stereocenters. The first-order valence-electron chi connectivity index (χ1n) is 10.7. The summed E-state index contributed by atoms with van der Waals surface area (Å²) in [5.41, 5.74) is 0.422. The van der Waals surface area contributed by atoms with Crippen LogP contribution in [0.1, 0.15) is 21.7 Å². The quantitative estimate of drug-likeness (QED) is 0.245. The van der Waals surface area contributed by atoms with E-state index in [-0.39, 0.29) is 34.6 Å². The SMILES string of the molecule is CN(Cc1cc(Cl)c(C(=O)N[C@@H](CNC(=O)[C@@H]2CSC(=S)N2)C(=O)O)c(Cl)c1)C(=O)/C=C/c1ccco1. The number of nitrogens with one attached hydrogen (secondary N) is 3. The Bertz CT molecular complexity index is 1210. The lowest BCUT2D eigenvalue weighted by Crippen LogP contribution is -2.51. The van der Waals surface area contributed by atoms with Crippen molar-refractivity contribution < 1.29 is 28.7 Å². The van der Waals surface area contributed by atoms with Crippen LogP contribution in [0.25, 0.3) is 6.08 Å². The number of rotatable bonds is 10. The summed E-state index contributed by atoms with van der Waals surface area (Å²) in [4.78, 5) is 50.5. The molecule has 2 heterocycles. The van der Waals surface area contributed by atoms with Gasteiger partial charge in [-0.25, -0.2) is 4.79 Å². The standard InChI is InChI=1S/C23H22Cl2N4O6S2/c1-29(18(30)5-4-13-3-2-6-35-13)10-12-7-14(24)19(15(25)8-12)21(32)27-16(22(33)34)9-26-20(31)17-11-37-23(36)28-17/h2-8,16-17H,9-11H2,1H3,(H,26,31)(H,27,32)(H,28,36)(H,33,34)/b5-4+/t16-,17-/m0/s1. The van der Waals surface area contributed by atoms with E-state index in [1.807, 2.05) is 0 Å². The highest BCUT2D eigenvalue weighted by molar-refractivity contribution is 8.23. The summed E-state index contributed by atoms with van der Waals surface area (Å²) in [6.07, 6.45) is 4.38. The van der Waals surface area contributed by atoms with Crippen molar-refractivity contribution in [1.82, 2.24) is 20.9 Å². The Labute approximate surface area is 231 Å². The summed E-state index contributed by atoms with van der Waals surface area (Å²) in [7, 11) is 1.58. The molecule has 0 aliphatic carbocycles. The molecule has 0 unspecified atom stereocenters. The predicted octanol–water partition coefficient (Wildman–Crippen LogP) is 2.55. The Morgan fingerprint density at radius 1 is 1.32 bits per heavy atom. The fraction of sp³-hybridized carbons (Fsp3) is 0.261. The number of carboxylic acids is 1. The fourth-order valence-electron chi connectivity index (χ4n) is 3.23. The monoisotopic (exact) mass is 584 g/mol. The summed E-state index contributed by atoms with van der Waals surface area (Å²) in [5, 5.41) is 17.1. The van der Waals surface area contributed by atoms with E-state index in [2.05, 4.69) is 16.0 Å². The molecule has 10 nitrogen and oxygen atoms in total. The number of carbonyl (C=O) groups is 4. The molecular weight excluding hydrogens is 563 g/mol. The van der Waals surface area contributed by atoms with E-state index >= 15 is 0 Å². The number of hydrogen-bond acceptors (Lipinski definition) is 7. The van der Waals surface area contributed by atoms with Gasteiger partial charge in [-0.3, -0.25) is 14.4 Å². The number of amides is 3. The number of nitrogens with zero attached hydrogens (tertiary/aromatic N) is 1. The van der Waals surface area contributed by atoms with E-state index in [0.717, 1.165) is 0 Å². The summed E-state index contributed by atoms with van der Waals surface area (Å²) in [5.74, 6) is -1.97. The molecule has 3 amide bonds. The molecule has 37 heavy (non-hydrogen) atoms. The summed E-state index contributed by atoms with van der Waals surface area (Å²) in [6, 6.07) is 4.32. The van der Waals surface area contributed by atoms with Crippen molar-refractivity contribution >= 4 is 81.3 Å². The maximum atomic E-state index is 12.8. The average Bonchev–Trinajstić information content (AvgIpc) is 3.51. The minimum Gasteiger partial charge on any atom is -0.480 e. The molecule has 2 aromatic rings. The molecule has 3 rings (SSSR count). The molecule has 0 saturated carbocycles. The Balaban J connectivity index is 1.62. The number of thiocarbonyl (C=S) groups is 1. The molecule has 14 heteroatoms. The minimum atomic E-state index is -1.44. The first-order chi connectivity index (χ1) is 17.5. The van der Waals surface area contributed by atoms with Crippen LogP contribution in [-0.2, 0) is 20.9 Å². The van der Waals surface area contributed by atoms with E-state index in [1.165, 1.54) is 47.2 Å². The van der Waals surface area contributed by atoms with Gasteiger partial charge in [-0.05, 0) is 35.9 Å². The first kappa shape index (κ1) is 28.5. The lowest BCUT2D eigenvalue weighted by atomic mass is 10.1. The van der Waals surface area contributed by atoms with Crippen molar-refractivity contribution in [2.75, 3.05) is 19.3 Å². The fourth-order valence-corrected chi connectivity index (χ4v) is 5.06. The van der Waals surface area contributed by atoms with Gasteiger partial charge in [0.1, 0.15) is 22.2 Å². The van der Waals surface area contributed by atoms with Crippen LogP contribution in [0.15, 0.2) is 41.0 Å². The predicted molar refractivity (Wildman–Crippen MR) is 145 cm³/mol. The van der Waals surface area contributed by atoms with E-state index < -0.39 is 29.9 Å². The third kappa shape index (κ3) is 7.96. The Morgan fingerprint density at radius 3 is 2.59 bits per heavy atom. The van der Waals surface area contributed by atoms with E-state index in [4.69, 9.17) is 39.8 Å². The van der Waals surface area contributed by atoms with Crippen molar-refractivity contribution in [3.63, 3.8) is 0 Å². The van der Waals surface area contributed by atoms with Crippen LogP contribution in [0.2, 0.25) is 10.0 Å². The van der Waals surface area contributed by atoms with Crippen LogP contribution in [-0.4, -0.2) is 69.4 Å². The second-order valence-corrected chi connectivity index (χ2v) is 10.4. The molecule has 0 bridgehead atoms. The summed E-state index contributed by atoms with van der Waals surface area (Å²) in [6.45, 7) is -0.218. The number of aliphatic carboxylic acids is 1. The largest absolute Gasteiger partial charge is 0.480 e. The number of carboxylic acid groups (broad SMARTS) is 1. The van der Waals surface area contributed by atoms with Crippen molar-refractivity contribution in [3.8, 4) is 0 Å². The van der Waals surface area contributed by atoms with Crippen LogP contribution in [0.5, 0.6) is 0 Å². The summed E-state index contributed by atoms with van der Waals surface area (Å²) < 4.78 is 5.63. The molecule has 1 aliphatic heterocycles. The maximum absolute atomic E-state index is 12.8. The molecule has 1 aromatic heterocycles. The topological polar surface area (TPSA) is 141 Å². The highest BCUT2D eigenvalue weighted by Gasteiger charge is 2.29. The third-order valence-electron chi connectivity index (χ3n) is 5.13. The number of hydrogen-bond donors (Lipinski definition) is 4. The van der Waals surface area contributed by atoms with E-state index in [1.54, 1.807) is 19.2 Å². The van der Waals surface area contributed by atoms with Crippen LogP contribution in [0, 0.1) is 0 Å². The maximum Gasteiger partial charge on any atom is 0.328 e. The molecule has 1 aliphatic rings. The van der Waals surface area contributed by atoms with Gasteiger partial charge in [-0.1, -0.05) is 47.2 Å². The van der Waals surface area contributed by atoms with Crippen molar-refractivity contribution in [1.29, 1.82) is 0 Å². The molecule has 1 aromatic carbocycles. The Kier molecular flexibility index (Phi) is 9.98. The van der Waals surface area contributed by atoms with Crippen LogP contribution >= 0.6 is 47.2 Å². The molecule has 1 saturated heterocycles. The molecule has 4 N–H and O–H groups in total. The average molecular weight is 585 g/mol. The van der Waals surface area contributed by atoms with Gasteiger partial charge < -0.3 is 30.4 Å². The number of furan rings is 1.